The van der Waals surface area contributed by atoms with E-state index in [-0.39, 0.29) is 0 Å². The molecule has 1 atom stereocenters. The molecule has 0 bridgehead atoms. The Balaban J connectivity index is 1.96. The molecule has 2 aromatic carbocycles. The number of ether oxygens (including phenoxy) is 1. The van der Waals surface area contributed by atoms with Crippen molar-refractivity contribution >= 4 is 15.9 Å². The van der Waals surface area contributed by atoms with Gasteiger partial charge in [0.25, 0.3) is 0 Å². The van der Waals surface area contributed by atoms with E-state index in [2.05, 4.69) is 22.0 Å². The van der Waals surface area contributed by atoms with E-state index in [0.717, 1.165) is 40.8 Å². The minimum Gasteiger partial charge on any atom is -0.493 e. The molecule has 0 spiro atoms. The smallest absolute Gasteiger partial charge is 0.122 e. The molecule has 0 saturated heterocycles. The molecule has 1 N–H and O–H groups in total. The standard InChI is InChI=1S/C16H15BrO2/c17-14-6-2-1-5-13(14)16(18)12-7-8-15-11(10-12)4-3-9-19-15/h1-2,5-8,10,16,18H,3-4,9H2. The topological polar surface area (TPSA) is 29.5 Å². The molecule has 3 heteroatoms. The van der Waals surface area contributed by atoms with Crippen LogP contribution >= 0.6 is 15.9 Å². The van der Waals surface area contributed by atoms with Crippen molar-refractivity contribution in [2.45, 2.75) is 18.9 Å². The van der Waals surface area contributed by atoms with Crippen LogP contribution in [0.4, 0.5) is 0 Å². The predicted octanol–water partition coefficient (Wildman–Crippen LogP) is 3.86. The summed E-state index contributed by atoms with van der Waals surface area (Å²) in [6, 6.07) is 13.7. The maximum absolute atomic E-state index is 10.5. The molecule has 0 aromatic heterocycles. The first-order valence-electron chi connectivity index (χ1n) is 6.44. The van der Waals surface area contributed by atoms with Crippen molar-refractivity contribution in [1.82, 2.24) is 0 Å². The van der Waals surface area contributed by atoms with Gasteiger partial charge in [0.15, 0.2) is 0 Å². The molecular formula is C16H15BrO2. The van der Waals surface area contributed by atoms with Crippen LogP contribution in [-0.2, 0) is 6.42 Å². The molecule has 0 fully saturated rings. The monoisotopic (exact) mass is 318 g/mol. The minimum atomic E-state index is -0.609. The molecule has 19 heavy (non-hydrogen) atoms. The Morgan fingerprint density at radius 1 is 1.16 bits per heavy atom. The number of aliphatic hydroxyl groups excluding tert-OH is 1. The van der Waals surface area contributed by atoms with Crippen LogP contribution in [-0.4, -0.2) is 11.7 Å². The highest BCUT2D eigenvalue weighted by Crippen LogP contribution is 2.32. The SMILES string of the molecule is OC(c1ccc2c(c1)CCCO2)c1ccccc1Br. The van der Waals surface area contributed by atoms with E-state index in [1.807, 2.05) is 36.4 Å². The van der Waals surface area contributed by atoms with Crippen LogP contribution in [0.3, 0.4) is 0 Å². The number of fused-ring (bicyclic) bond motifs is 1. The van der Waals surface area contributed by atoms with E-state index in [0.29, 0.717) is 0 Å². The summed E-state index contributed by atoms with van der Waals surface area (Å²) in [5.74, 6) is 0.953. The van der Waals surface area contributed by atoms with Crippen LogP contribution in [0.25, 0.3) is 0 Å². The number of halogens is 1. The number of aliphatic hydroxyl groups is 1. The summed E-state index contributed by atoms with van der Waals surface area (Å²) in [5, 5.41) is 10.5. The van der Waals surface area contributed by atoms with E-state index in [4.69, 9.17) is 4.74 Å². The normalized spacial score (nSPS) is 15.5. The fourth-order valence-electron chi connectivity index (χ4n) is 2.43. The highest BCUT2D eigenvalue weighted by molar-refractivity contribution is 9.10. The summed E-state index contributed by atoms with van der Waals surface area (Å²) in [7, 11) is 0. The lowest BCUT2D eigenvalue weighted by atomic mass is 9.97. The summed E-state index contributed by atoms with van der Waals surface area (Å²) < 4.78 is 6.52. The molecular weight excluding hydrogens is 304 g/mol. The summed E-state index contributed by atoms with van der Waals surface area (Å²) in [6.07, 6.45) is 1.45. The average Bonchev–Trinajstić information content (AvgIpc) is 2.46. The lowest BCUT2D eigenvalue weighted by Gasteiger charge is -2.20. The second kappa shape index (κ2) is 5.35. The van der Waals surface area contributed by atoms with Crippen LogP contribution in [0.2, 0.25) is 0 Å². The molecule has 1 aliphatic heterocycles. The molecule has 1 unspecified atom stereocenters. The summed E-state index contributed by atoms with van der Waals surface area (Å²) in [4.78, 5) is 0. The molecule has 3 rings (SSSR count). The lowest BCUT2D eigenvalue weighted by Crippen LogP contribution is -2.09. The Morgan fingerprint density at radius 3 is 2.84 bits per heavy atom. The molecule has 0 aliphatic carbocycles. The van der Waals surface area contributed by atoms with Gasteiger partial charge < -0.3 is 9.84 Å². The zero-order chi connectivity index (χ0) is 13.2. The minimum absolute atomic E-state index is 0.609. The average molecular weight is 319 g/mol. The van der Waals surface area contributed by atoms with Crippen molar-refractivity contribution in [3.8, 4) is 5.75 Å². The van der Waals surface area contributed by atoms with E-state index in [9.17, 15) is 5.11 Å². The Hall–Kier alpha value is -1.32. The first-order chi connectivity index (χ1) is 9.25. The predicted molar refractivity (Wildman–Crippen MR) is 78.5 cm³/mol. The van der Waals surface area contributed by atoms with Gasteiger partial charge in [-0.3, -0.25) is 0 Å². The quantitative estimate of drug-likeness (QED) is 0.911. The molecule has 0 amide bonds. The van der Waals surface area contributed by atoms with Crippen molar-refractivity contribution in [2.75, 3.05) is 6.61 Å². The van der Waals surface area contributed by atoms with Crippen LogP contribution in [0.1, 0.15) is 29.2 Å². The zero-order valence-corrected chi connectivity index (χ0v) is 12.1. The van der Waals surface area contributed by atoms with Crippen LogP contribution in [0.5, 0.6) is 5.75 Å². The van der Waals surface area contributed by atoms with Gasteiger partial charge >= 0.3 is 0 Å². The molecule has 98 valence electrons. The third-order valence-electron chi connectivity index (χ3n) is 3.45. The van der Waals surface area contributed by atoms with Gasteiger partial charge in [-0.05, 0) is 47.7 Å². The number of hydrogen-bond donors (Lipinski definition) is 1. The van der Waals surface area contributed by atoms with E-state index in [1.54, 1.807) is 0 Å². The second-order valence-electron chi connectivity index (χ2n) is 4.74. The Kier molecular flexibility index (Phi) is 3.58. The van der Waals surface area contributed by atoms with Gasteiger partial charge in [0.2, 0.25) is 0 Å². The highest BCUT2D eigenvalue weighted by Gasteiger charge is 2.17. The number of benzene rings is 2. The molecule has 2 nitrogen and oxygen atoms in total. The van der Waals surface area contributed by atoms with E-state index in [1.165, 1.54) is 5.56 Å². The van der Waals surface area contributed by atoms with Gasteiger partial charge in [-0.25, -0.2) is 0 Å². The van der Waals surface area contributed by atoms with E-state index < -0.39 is 6.10 Å². The molecule has 1 aliphatic rings. The molecule has 2 aromatic rings. The van der Waals surface area contributed by atoms with Gasteiger partial charge in [0.05, 0.1) is 6.61 Å². The highest BCUT2D eigenvalue weighted by atomic mass is 79.9. The van der Waals surface area contributed by atoms with Crippen molar-refractivity contribution < 1.29 is 9.84 Å². The van der Waals surface area contributed by atoms with Gasteiger partial charge in [-0.1, -0.05) is 40.2 Å². The van der Waals surface area contributed by atoms with Gasteiger partial charge in [-0.15, -0.1) is 0 Å². The molecule has 0 saturated carbocycles. The van der Waals surface area contributed by atoms with Crippen molar-refractivity contribution in [1.29, 1.82) is 0 Å². The Bertz CT molecular complexity index is 595. The largest absolute Gasteiger partial charge is 0.493 e. The number of aryl methyl sites for hydroxylation is 1. The van der Waals surface area contributed by atoms with Crippen LogP contribution in [0, 0.1) is 0 Å². The van der Waals surface area contributed by atoms with Crippen LogP contribution < -0.4 is 4.74 Å². The van der Waals surface area contributed by atoms with Crippen molar-refractivity contribution in [2.24, 2.45) is 0 Å². The third kappa shape index (κ3) is 2.53. The van der Waals surface area contributed by atoms with Crippen molar-refractivity contribution in [3.05, 3.63) is 63.6 Å². The van der Waals surface area contributed by atoms with Gasteiger partial charge in [0, 0.05) is 4.47 Å². The van der Waals surface area contributed by atoms with Crippen LogP contribution in [0.15, 0.2) is 46.9 Å². The lowest BCUT2D eigenvalue weighted by molar-refractivity contribution is 0.218. The maximum atomic E-state index is 10.5. The fourth-order valence-corrected chi connectivity index (χ4v) is 2.93. The Labute approximate surface area is 121 Å². The third-order valence-corrected chi connectivity index (χ3v) is 4.17. The zero-order valence-electron chi connectivity index (χ0n) is 10.5. The fraction of sp³-hybridized carbons (Fsp3) is 0.250. The first-order valence-corrected chi connectivity index (χ1v) is 7.23. The molecule has 0 radical (unpaired) electrons. The number of rotatable bonds is 2. The van der Waals surface area contributed by atoms with Gasteiger partial charge in [-0.2, -0.15) is 0 Å². The summed E-state index contributed by atoms with van der Waals surface area (Å²) in [6.45, 7) is 0.791. The summed E-state index contributed by atoms with van der Waals surface area (Å²) >= 11 is 3.48. The second-order valence-corrected chi connectivity index (χ2v) is 5.60. The van der Waals surface area contributed by atoms with Gasteiger partial charge in [0.1, 0.15) is 11.9 Å². The maximum Gasteiger partial charge on any atom is 0.122 e. The summed E-state index contributed by atoms with van der Waals surface area (Å²) in [5.41, 5.74) is 2.99. The van der Waals surface area contributed by atoms with Crippen molar-refractivity contribution in [3.63, 3.8) is 0 Å². The molecule has 1 heterocycles. The van der Waals surface area contributed by atoms with E-state index >= 15 is 0 Å². The number of hydrogen-bond acceptors (Lipinski definition) is 2. The first kappa shape index (κ1) is 12.7. The Morgan fingerprint density at radius 2 is 2.00 bits per heavy atom.